The van der Waals surface area contributed by atoms with Crippen LogP contribution in [0.5, 0.6) is 0 Å². The second-order valence-corrected chi connectivity index (χ2v) is 5.59. The number of pyridine rings is 1. The van der Waals surface area contributed by atoms with Gasteiger partial charge >= 0.3 is 6.03 Å². The van der Waals surface area contributed by atoms with Gasteiger partial charge in [-0.3, -0.25) is 4.98 Å². The summed E-state index contributed by atoms with van der Waals surface area (Å²) in [6.07, 6.45) is 5.77. The Morgan fingerprint density at radius 3 is 2.82 bits per heavy atom. The summed E-state index contributed by atoms with van der Waals surface area (Å²) in [7, 11) is 0. The molecular formula is C17H19N3O2. The molecule has 1 unspecified atom stereocenters. The first kappa shape index (κ1) is 14.5. The van der Waals surface area contributed by atoms with E-state index in [9.17, 15) is 9.90 Å². The van der Waals surface area contributed by atoms with Gasteiger partial charge in [0.15, 0.2) is 0 Å². The zero-order valence-corrected chi connectivity index (χ0v) is 12.2. The van der Waals surface area contributed by atoms with E-state index in [4.69, 9.17) is 0 Å². The van der Waals surface area contributed by atoms with Crippen LogP contribution < -0.4 is 10.6 Å². The lowest BCUT2D eigenvalue weighted by Gasteiger charge is -2.34. The van der Waals surface area contributed by atoms with E-state index in [1.807, 2.05) is 24.3 Å². The number of rotatable bonds is 3. The van der Waals surface area contributed by atoms with Crippen molar-refractivity contribution >= 4 is 11.7 Å². The molecule has 0 saturated carbocycles. The maximum Gasteiger partial charge on any atom is 0.319 e. The summed E-state index contributed by atoms with van der Waals surface area (Å²) in [5, 5.41) is 16.4. The largest absolute Gasteiger partial charge is 0.383 e. The van der Waals surface area contributed by atoms with E-state index in [-0.39, 0.29) is 12.6 Å². The molecule has 5 nitrogen and oxygen atoms in total. The Hall–Kier alpha value is -2.40. The van der Waals surface area contributed by atoms with E-state index in [0.29, 0.717) is 12.1 Å². The molecule has 2 aromatic rings. The molecular weight excluding hydrogens is 278 g/mol. The average molecular weight is 297 g/mol. The van der Waals surface area contributed by atoms with Crippen LogP contribution in [-0.2, 0) is 12.0 Å². The summed E-state index contributed by atoms with van der Waals surface area (Å²) >= 11 is 0. The lowest BCUT2D eigenvalue weighted by atomic mass is 9.79. The minimum absolute atomic E-state index is 0.195. The maximum absolute atomic E-state index is 12.0. The van der Waals surface area contributed by atoms with Gasteiger partial charge in [-0.1, -0.05) is 24.3 Å². The molecule has 1 aliphatic carbocycles. The molecule has 1 aromatic carbocycles. The maximum atomic E-state index is 12.0. The number of urea groups is 1. The Labute approximate surface area is 129 Å². The van der Waals surface area contributed by atoms with Crippen LogP contribution >= 0.6 is 0 Å². The predicted molar refractivity (Wildman–Crippen MR) is 84.5 cm³/mol. The number of anilines is 1. The second kappa shape index (κ2) is 6.15. The van der Waals surface area contributed by atoms with Gasteiger partial charge in [-0.2, -0.15) is 0 Å². The van der Waals surface area contributed by atoms with Crippen LogP contribution in [0.3, 0.4) is 0 Å². The van der Waals surface area contributed by atoms with E-state index < -0.39 is 5.60 Å². The van der Waals surface area contributed by atoms with Crippen molar-refractivity contribution in [1.82, 2.24) is 10.3 Å². The standard InChI is InChI=1S/C17H19N3O2/c21-16(20-14-7-10-18-11-8-14)19-12-17(22)9-3-5-13-4-1-2-6-15(13)17/h1-2,4,6-8,10-11,22H,3,5,9,12H2,(H2,18,19,20,21). The number of hydrogen-bond acceptors (Lipinski definition) is 3. The molecule has 114 valence electrons. The molecule has 1 heterocycles. The summed E-state index contributed by atoms with van der Waals surface area (Å²) in [5.74, 6) is 0. The van der Waals surface area contributed by atoms with Crippen LogP contribution in [0.15, 0.2) is 48.8 Å². The minimum Gasteiger partial charge on any atom is -0.383 e. The Kier molecular flexibility index (Phi) is 4.06. The Balaban J connectivity index is 1.65. The number of amides is 2. The molecule has 1 aromatic heterocycles. The van der Waals surface area contributed by atoms with Crippen LogP contribution in [-0.4, -0.2) is 22.7 Å². The fourth-order valence-corrected chi connectivity index (χ4v) is 2.92. The Morgan fingerprint density at radius 1 is 1.23 bits per heavy atom. The highest BCUT2D eigenvalue weighted by Gasteiger charge is 2.34. The number of carbonyl (C=O) groups excluding carboxylic acids is 1. The highest BCUT2D eigenvalue weighted by atomic mass is 16.3. The molecule has 1 aliphatic rings. The lowest BCUT2D eigenvalue weighted by molar-refractivity contribution is 0.0221. The molecule has 2 amide bonds. The normalized spacial score (nSPS) is 20.0. The molecule has 0 fully saturated rings. The van der Waals surface area contributed by atoms with Crippen molar-refractivity contribution in [2.45, 2.75) is 24.9 Å². The zero-order chi connectivity index (χ0) is 15.4. The van der Waals surface area contributed by atoms with Crippen LogP contribution in [0.1, 0.15) is 24.0 Å². The first-order valence-electron chi connectivity index (χ1n) is 7.43. The molecule has 1 atom stereocenters. The number of hydrogen-bond donors (Lipinski definition) is 3. The summed E-state index contributed by atoms with van der Waals surface area (Å²) in [6.45, 7) is 0.195. The SMILES string of the molecule is O=C(NCC1(O)CCCc2ccccc21)Nc1ccncc1. The van der Waals surface area contributed by atoms with Crippen LogP contribution in [0, 0.1) is 0 Å². The number of carbonyl (C=O) groups is 1. The van der Waals surface area contributed by atoms with Gasteiger partial charge in [-0.15, -0.1) is 0 Å². The summed E-state index contributed by atoms with van der Waals surface area (Å²) in [6, 6.07) is 11.0. The van der Waals surface area contributed by atoms with E-state index in [1.54, 1.807) is 24.5 Å². The smallest absolute Gasteiger partial charge is 0.319 e. The van der Waals surface area contributed by atoms with Gasteiger partial charge in [0.25, 0.3) is 0 Å². The van der Waals surface area contributed by atoms with E-state index >= 15 is 0 Å². The van der Waals surface area contributed by atoms with Gasteiger partial charge in [0.2, 0.25) is 0 Å². The van der Waals surface area contributed by atoms with Crippen LogP contribution in [0.25, 0.3) is 0 Å². The van der Waals surface area contributed by atoms with E-state index in [0.717, 1.165) is 24.0 Å². The van der Waals surface area contributed by atoms with Crippen molar-refractivity contribution in [3.8, 4) is 0 Å². The van der Waals surface area contributed by atoms with Crippen LogP contribution in [0.4, 0.5) is 10.5 Å². The van der Waals surface area contributed by atoms with Crippen molar-refractivity contribution < 1.29 is 9.90 Å². The fraction of sp³-hybridized carbons (Fsp3) is 0.294. The molecule has 22 heavy (non-hydrogen) atoms. The van der Waals surface area contributed by atoms with Gasteiger partial charge in [-0.05, 0) is 42.5 Å². The minimum atomic E-state index is -0.996. The average Bonchev–Trinajstić information content (AvgIpc) is 2.55. The zero-order valence-electron chi connectivity index (χ0n) is 12.2. The monoisotopic (exact) mass is 297 g/mol. The molecule has 0 radical (unpaired) electrons. The third kappa shape index (κ3) is 3.09. The molecule has 0 spiro atoms. The quantitative estimate of drug-likeness (QED) is 0.814. The highest BCUT2D eigenvalue weighted by molar-refractivity contribution is 5.89. The predicted octanol–water partition coefficient (Wildman–Crippen LogP) is 2.43. The van der Waals surface area contributed by atoms with Crippen molar-refractivity contribution in [3.63, 3.8) is 0 Å². The lowest BCUT2D eigenvalue weighted by Crippen LogP contribution is -2.44. The third-order valence-corrected chi connectivity index (χ3v) is 4.03. The van der Waals surface area contributed by atoms with E-state index in [1.165, 1.54) is 0 Å². The van der Waals surface area contributed by atoms with Gasteiger partial charge in [0, 0.05) is 18.1 Å². The van der Waals surface area contributed by atoms with Crippen LogP contribution in [0.2, 0.25) is 0 Å². The van der Waals surface area contributed by atoms with Gasteiger partial charge in [-0.25, -0.2) is 4.79 Å². The summed E-state index contributed by atoms with van der Waals surface area (Å²) in [5.41, 5.74) is 1.76. The first-order valence-corrected chi connectivity index (χ1v) is 7.43. The Bertz CT molecular complexity index is 660. The number of fused-ring (bicyclic) bond motifs is 1. The van der Waals surface area contributed by atoms with Gasteiger partial charge in [0.1, 0.15) is 5.60 Å². The number of aryl methyl sites for hydroxylation is 1. The molecule has 0 saturated heterocycles. The highest BCUT2D eigenvalue weighted by Crippen LogP contribution is 2.34. The van der Waals surface area contributed by atoms with E-state index in [2.05, 4.69) is 15.6 Å². The van der Waals surface area contributed by atoms with Gasteiger partial charge < -0.3 is 15.7 Å². The second-order valence-electron chi connectivity index (χ2n) is 5.59. The fourth-order valence-electron chi connectivity index (χ4n) is 2.92. The summed E-state index contributed by atoms with van der Waals surface area (Å²) < 4.78 is 0. The van der Waals surface area contributed by atoms with Crippen molar-refractivity contribution in [2.75, 3.05) is 11.9 Å². The summed E-state index contributed by atoms with van der Waals surface area (Å²) in [4.78, 5) is 15.9. The number of nitrogens with one attached hydrogen (secondary N) is 2. The number of benzene rings is 1. The van der Waals surface area contributed by atoms with Gasteiger partial charge in [0.05, 0.1) is 6.54 Å². The third-order valence-electron chi connectivity index (χ3n) is 4.03. The Morgan fingerprint density at radius 2 is 2.00 bits per heavy atom. The molecule has 0 bridgehead atoms. The van der Waals surface area contributed by atoms with Crippen molar-refractivity contribution in [1.29, 1.82) is 0 Å². The van der Waals surface area contributed by atoms with Crippen molar-refractivity contribution in [2.24, 2.45) is 0 Å². The molecule has 0 aliphatic heterocycles. The van der Waals surface area contributed by atoms with Crippen molar-refractivity contribution in [3.05, 3.63) is 59.9 Å². The number of aliphatic hydroxyl groups is 1. The molecule has 3 N–H and O–H groups in total. The molecule has 5 heteroatoms. The number of nitrogens with zero attached hydrogens (tertiary/aromatic N) is 1. The topological polar surface area (TPSA) is 74.2 Å². The number of aromatic nitrogens is 1. The molecule has 3 rings (SSSR count). The first-order chi connectivity index (χ1) is 10.7.